The summed E-state index contributed by atoms with van der Waals surface area (Å²) in [6.45, 7) is 4.49. The lowest BCUT2D eigenvalue weighted by molar-refractivity contribution is -0.143. The lowest BCUT2D eigenvalue weighted by atomic mass is 10.1. The summed E-state index contributed by atoms with van der Waals surface area (Å²) < 4.78 is 1.57. The van der Waals surface area contributed by atoms with Crippen LogP contribution in [0.5, 0.6) is 0 Å². The van der Waals surface area contributed by atoms with E-state index in [-0.39, 0.29) is 41.3 Å². The van der Waals surface area contributed by atoms with Gasteiger partial charge in [-0.05, 0) is 5.41 Å². The summed E-state index contributed by atoms with van der Waals surface area (Å²) in [5.74, 6) is -1.66. The summed E-state index contributed by atoms with van der Waals surface area (Å²) in [6.07, 6.45) is 2.77. The van der Waals surface area contributed by atoms with Crippen molar-refractivity contribution >= 4 is 17.8 Å². The fraction of sp³-hybridized carbons (Fsp3) is 0.538. The SMILES string of the molecule is CC1(C)C2C(=O)N(CCn3cnc(C(=O)O)c3)C(=O)C21. The first-order valence-electron chi connectivity index (χ1n) is 6.44. The number of aromatic carboxylic acids is 1. The van der Waals surface area contributed by atoms with Gasteiger partial charge in [0.2, 0.25) is 11.8 Å². The number of hydrogen-bond acceptors (Lipinski definition) is 4. The van der Waals surface area contributed by atoms with Gasteiger partial charge in [-0.1, -0.05) is 13.8 Å². The van der Waals surface area contributed by atoms with Gasteiger partial charge in [0.1, 0.15) is 0 Å². The van der Waals surface area contributed by atoms with Gasteiger partial charge in [0.25, 0.3) is 0 Å². The second-order valence-corrected chi connectivity index (χ2v) is 5.91. The maximum Gasteiger partial charge on any atom is 0.356 e. The second kappa shape index (κ2) is 3.91. The molecule has 0 bridgehead atoms. The Bertz CT molecular complexity index is 595. The van der Waals surface area contributed by atoms with Crippen LogP contribution in [0.3, 0.4) is 0 Å². The quantitative estimate of drug-likeness (QED) is 0.795. The van der Waals surface area contributed by atoms with E-state index in [9.17, 15) is 14.4 Å². The minimum absolute atomic E-state index is 0.0481. The number of imide groups is 1. The van der Waals surface area contributed by atoms with Crippen molar-refractivity contribution in [3.63, 3.8) is 0 Å². The van der Waals surface area contributed by atoms with Gasteiger partial charge in [0.05, 0.1) is 18.2 Å². The fourth-order valence-corrected chi connectivity index (χ4v) is 3.03. The van der Waals surface area contributed by atoms with Crippen molar-refractivity contribution in [3.8, 4) is 0 Å². The zero-order chi connectivity index (χ0) is 14.7. The molecule has 1 aromatic heterocycles. The van der Waals surface area contributed by atoms with Crippen LogP contribution in [-0.4, -0.2) is 43.9 Å². The van der Waals surface area contributed by atoms with Gasteiger partial charge in [-0.2, -0.15) is 0 Å². The molecule has 2 atom stereocenters. The molecule has 2 heterocycles. The number of hydrogen-bond donors (Lipinski definition) is 1. The van der Waals surface area contributed by atoms with Crippen LogP contribution in [0, 0.1) is 17.3 Å². The molecule has 0 radical (unpaired) electrons. The predicted molar refractivity (Wildman–Crippen MR) is 66.7 cm³/mol. The molecular formula is C13H15N3O4. The Morgan fingerprint density at radius 2 is 1.90 bits per heavy atom. The summed E-state index contributed by atoms with van der Waals surface area (Å²) in [5.41, 5.74) is -0.246. The average molecular weight is 277 g/mol. The van der Waals surface area contributed by atoms with Crippen LogP contribution in [0.15, 0.2) is 12.5 Å². The molecule has 0 aromatic carbocycles. The lowest BCUT2D eigenvalue weighted by Crippen LogP contribution is -2.38. The first-order valence-corrected chi connectivity index (χ1v) is 6.44. The molecule has 7 nitrogen and oxygen atoms in total. The third-order valence-corrected chi connectivity index (χ3v) is 4.33. The third kappa shape index (κ3) is 1.65. The summed E-state index contributed by atoms with van der Waals surface area (Å²) in [5, 5.41) is 8.77. The van der Waals surface area contributed by atoms with E-state index in [1.165, 1.54) is 17.4 Å². The molecule has 1 saturated carbocycles. The number of carbonyl (C=O) groups excluding carboxylic acids is 2. The molecule has 20 heavy (non-hydrogen) atoms. The topological polar surface area (TPSA) is 92.5 Å². The van der Waals surface area contributed by atoms with Gasteiger partial charge < -0.3 is 9.67 Å². The van der Waals surface area contributed by atoms with Crippen LogP contribution in [0.4, 0.5) is 0 Å². The molecule has 1 aliphatic heterocycles. The predicted octanol–water partition coefficient (Wildman–Crippen LogP) is 0.222. The first-order chi connectivity index (χ1) is 9.34. The highest BCUT2D eigenvalue weighted by Crippen LogP contribution is 2.63. The van der Waals surface area contributed by atoms with Crippen LogP contribution < -0.4 is 0 Å². The second-order valence-electron chi connectivity index (χ2n) is 5.91. The van der Waals surface area contributed by atoms with E-state index in [0.29, 0.717) is 6.54 Å². The Morgan fingerprint density at radius 3 is 2.40 bits per heavy atom. The van der Waals surface area contributed by atoms with Crippen molar-refractivity contribution in [1.82, 2.24) is 14.5 Å². The molecule has 0 spiro atoms. The highest BCUT2D eigenvalue weighted by atomic mass is 16.4. The van der Waals surface area contributed by atoms with E-state index < -0.39 is 5.97 Å². The average Bonchev–Trinajstić information content (AvgIpc) is 2.71. The number of carboxylic acids is 1. The number of carboxylic acid groups (broad SMARTS) is 1. The number of likely N-dealkylation sites (tertiary alicyclic amines) is 1. The van der Waals surface area contributed by atoms with E-state index in [4.69, 9.17) is 5.11 Å². The summed E-state index contributed by atoms with van der Waals surface area (Å²) in [7, 11) is 0. The summed E-state index contributed by atoms with van der Waals surface area (Å²) in [4.78, 5) is 39.9. The number of piperidine rings is 1. The maximum atomic E-state index is 12.1. The minimum Gasteiger partial charge on any atom is -0.476 e. The van der Waals surface area contributed by atoms with Crippen LogP contribution in [0.2, 0.25) is 0 Å². The minimum atomic E-state index is -1.10. The zero-order valence-corrected chi connectivity index (χ0v) is 11.2. The lowest BCUT2D eigenvalue weighted by Gasteiger charge is -2.20. The smallest absolute Gasteiger partial charge is 0.356 e. The molecule has 2 aliphatic rings. The van der Waals surface area contributed by atoms with Crippen LogP contribution in [0.1, 0.15) is 24.3 Å². The number of imidazole rings is 1. The third-order valence-electron chi connectivity index (χ3n) is 4.33. The Kier molecular flexibility index (Phi) is 2.51. The molecular weight excluding hydrogens is 262 g/mol. The first kappa shape index (κ1) is 12.8. The highest BCUT2D eigenvalue weighted by Gasteiger charge is 2.72. The van der Waals surface area contributed by atoms with E-state index >= 15 is 0 Å². The number of carbonyl (C=O) groups is 3. The number of fused-ring (bicyclic) bond motifs is 1. The fourth-order valence-electron chi connectivity index (χ4n) is 3.03. The normalized spacial score (nSPS) is 26.8. The molecule has 1 N–H and O–H groups in total. The van der Waals surface area contributed by atoms with E-state index in [2.05, 4.69) is 4.98 Å². The van der Waals surface area contributed by atoms with Gasteiger partial charge in [0.15, 0.2) is 5.69 Å². The van der Waals surface area contributed by atoms with Crippen molar-refractivity contribution in [1.29, 1.82) is 0 Å². The number of nitrogens with zero attached hydrogens (tertiary/aromatic N) is 3. The number of amides is 2. The van der Waals surface area contributed by atoms with Crippen molar-refractivity contribution in [3.05, 3.63) is 18.2 Å². The maximum absolute atomic E-state index is 12.1. The molecule has 7 heteroatoms. The molecule has 2 unspecified atom stereocenters. The Balaban J connectivity index is 1.64. The Labute approximate surface area is 115 Å². The molecule has 106 valence electrons. The largest absolute Gasteiger partial charge is 0.476 e. The number of rotatable bonds is 4. The number of aromatic nitrogens is 2. The van der Waals surface area contributed by atoms with Gasteiger partial charge in [-0.3, -0.25) is 14.5 Å². The monoisotopic (exact) mass is 277 g/mol. The highest BCUT2D eigenvalue weighted by molar-refractivity contribution is 6.10. The van der Waals surface area contributed by atoms with Crippen LogP contribution >= 0.6 is 0 Å². The van der Waals surface area contributed by atoms with Crippen LogP contribution in [0.25, 0.3) is 0 Å². The standard InChI is InChI=1S/C13H15N3O4/c1-13(2)8-9(13)11(18)16(10(8)17)4-3-15-5-7(12(19)20)14-6-15/h5-6,8-9H,3-4H2,1-2H3,(H,19,20). The van der Waals surface area contributed by atoms with Gasteiger partial charge in [-0.15, -0.1) is 0 Å². The van der Waals surface area contributed by atoms with E-state index in [1.807, 2.05) is 13.8 Å². The van der Waals surface area contributed by atoms with Gasteiger partial charge in [-0.25, -0.2) is 9.78 Å². The Hall–Kier alpha value is -2.18. The molecule has 1 aromatic rings. The van der Waals surface area contributed by atoms with Crippen LogP contribution in [-0.2, 0) is 16.1 Å². The van der Waals surface area contributed by atoms with Crippen molar-refractivity contribution in [2.45, 2.75) is 20.4 Å². The Morgan fingerprint density at radius 1 is 1.30 bits per heavy atom. The molecule has 2 fully saturated rings. The van der Waals surface area contributed by atoms with Crippen molar-refractivity contribution in [2.24, 2.45) is 17.3 Å². The summed E-state index contributed by atoms with van der Waals surface area (Å²) >= 11 is 0. The van der Waals surface area contributed by atoms with Crippen molar-refractivity contribution < 1.29 is 19.5 Å². The molecule has 1 saturated heterocycles. The van der Waals surface area contributed by atoms with E-state index in [0.717, 1.165) is 0 Å². The summed E-state index contributed by atoms with van der Waals surface area (Å²) in [6, 6.07) is 0. The van der Waals surface area contributed by atoms with Gasteiger partial charge >= 0.3 is 5.97 Å². The van der Waals surface area contributed by atoms with Gasteiger partial charge in [0, 0.05) is 19.3 Å². The van der Waals surface area contributed by atoms with Crippen molar-refractivity contribution in [2.75, 3.05) is 6.54 Å². The molecule has 2 amide bonds. The zero-order valence-electron chi connectivity index (χ0n) is 11.2. The molecule has 3 rings (SSSR count). The van der Waals surface area contributed by atoms with E-state index in [1.54, 1.807) is 4.57 Å². The molecule has 1 aliphatic carbocycles.